The Morgan fingerprint density at radius 1 is 1.28 bits per heavy atom. The first kappa shape index (κ1) is 22.6. The highest BCUT2D eigenvalue weighted by Gasteiger charge is 2.33. The Labute approximate surface area is 193 Å². The molecule has 1 amide bonds. The molecular formula is C25H32N4O2S. The fourth-order valence-corrected chi connectivity index (χ4v) is 5.97. The average molecular weight is 453 g/mol. The van der Waals surface area contributed by atoms with E-state index in [1.54, 1.807) is 11.3 Å². The normalized spacial score (nSPS) is 17.2. The minimum Gasteiger partial charge on any atom is -0.324 e. The molecule has 170 valence electrons. The third-order valence-corrected chi connectivity index (χ3v) is 7.98. The number of rotatable bonds is 4. The van der Waals surface area contributed by atoms with Crippen LogP contribution in [0.4, 0.5) is 5.69 Å². The van der Waals surface area contributed by atoms with Crippen molar-refractivity contribution < 1.29 is 4.79 Å². The number of amides is 1. The van der Waals surface area contributed by atoms with E-state index in [0.717, 1.165) is 41.6 Å². The first-order valence-electron chi connectivity index (χ1n) is 11.4. The van der Waals surface area contributed by atoms with Crippen molar-refractivity contribution in [2.24, 2.45) is 11.3 Å². The molecule has 0 saturated carbocycles. The first-order valence-corrected chi connectivity index (χ1v) is 12.2. The fourth-order valence-electron chi connectivity index (χ4n) is 4.74. The highest BCUT2D eigenvalue weighted by atomic mass is 32.1. The van der Waals surface area contributed by atoms with Gasteiger partial charge >= 0.3 is 0 Å². The van der Waals surface area contributed by atoms with Crippen molar-refractivity contribution in [2.75, 3.05) is 5.32 Å². The van der Waals surface area contributed by atoms with Gasteiger partial charge in [-0.15, -0.1) is 16.4 Å². The van der Waals surface area contributed by atoms with Gasteiger partial charge in [-0.1, -0.05) is 51.1 Å². The molecule has 0 fully saturated rings. The SMILES string of the molecule is CCC(C(=O)Nc1c(C)cccc1C)n1nnc2sc3c(c2c1=O)CCC(C(C)(C)C)C3. The molecule has 2 aromatic heterocycles. The van der Waals surface area contributed by atoms with Crippen molar-refractivity contribution in [1.29, 1.82) is 0 Å². The van der Waals surface area contributed by atoms with Gasteiger partial charge < -0.3 is 5.32 Å². The lowest BCUT2D eigenvalue weighted by atomic mass is 9.72. The van der Waals surface area contributed by atoms with E-state index in [2.05, 4.69) is 36.4 Å². The number of benzene rings is 1. The smallest absolute Gasteiger partial charge is 0.279 e. The average Bonchev–Trinajstić information content (AvgIpc) is 3.11. The molecule has 3 aromatic rings. The van der Waals surface area contributed by atoms with Crippen LogP contribution in [0.2, 0.25) is 0 Å². The van der Waals surface area contributed by atoms with Crippen LogP contribution < -0.4 is 10.9 Å². The molecule has 1 aromatic carbocycles. The number of nitrogens with one attached hydrogen (secondary N) is 1. The minimum atomic E-state index is -0.708. The maximum atomic E-state index is 13.5. The zero-order valence-electron chi connectivity index (χ0n) is 19.8. The third kappa shape index (κ3) is 3.98. The molecule has 32 heavy (non-hydrogen) atoms. The van der Waals surface area contributed by atoms with Gasteiger partial charge in [-0.25, -0.2) is 0 Å². The standard InChI is InChI=1S/C25H32N4O2S/c1-7-18(22(30)26-21-14(2)9-8-10-15(21)3)29-24(31)20-17-12-11-16(25(4,5)6)13-19(17)32-23(20)27-28-29/h8-10,16,18H,7,11-13H2,1-6H3,(H,26,30). The van der Waals surface area contributed by atoms with Crippen LogP contribution in [0.1, 0.15) is 68.1 Å². The van der Waals surface area contributed by atoms with E-state index in [9.17, 15) is 9.59 Å². The second-order valence-corrected chi connectivity index (χ2v) is 11.1. The molecular weight excluding hydrogens is 420 g/mol. The number of para-hydroxylation sites is 1. The summed E-state index contributed by atoms with van der Waals surface area (Å²) in [6.07, 6.45) is 3.37. The summed E-state index contributed by atoms with van der Waals surface area (Å²) in [5.41, 5.74) is 3.91. The van der Waals surface area contributed by atoms with Gasteiger partial charge in [-0.05, 0) is 67.6 Å². The quantitative estimate of drug-likeness (QED) is 0.589. The van der Waals surface area contributed by atoms with E-state index in [4.69, 9.17) is 0 Å². The zero-order valence-corrected chi connectivity index (χ0v) is 20.6. The number of hydrogen-bond donors (Lipinski definition) is 1. The van der Waals surface area contributed by atoms with Crippen LogP contribution in [0.5, 0.6) is 0 Å². The zero-order chi connectivity index (χ0) is 23.2. The number of thiophene rings is 1. The lowest BCUT2D eigenvalue weighted by molar-refractivity contribution is -0.119. The summed E-state index contributed by atoms with van der Waals surface area (Å²) >= 11 is 1.59. The lowest BCUT2D eigenvalue weighted by Gasteiger charge is -2.33. The minimum absolute atomic E-state index is 0.204. The van der Waals surface area contributed by atoms with Crippen molar-refractivity contribution in [2.45, 2.75) is 73.3 Å². The molecule has 1 aliphatic rings. The van der Waals surface area contributed by atoms with Crippen LogP contribution in [0.3, 0.4) is 0 Å². The Kier molecular flexibility index (Phi) is 5.96. The van der Waals surface area contributed by atoms with Crippen molar-refractivity contribution in [3.63, 3.8) is 0 Å². The van der Waals surface area contributed by atoms with Crippen LogP contribution in [0.25, 0.3) is 10.2 Å². The Morgan fingerprint density at radius 3 is 2.59 bits per heavy atom. The molecule has 7 heteroatoms. The molecule has 1 aliphatic carbocycles. The van der Waals surface area contributed by atoms with Gasteiger partial charge in [0.05, 0.1) is 5.39 Å². The Morgan fingerprint density at radius 2 is 1.97 bits per heavy atom. The Bertz CT molecular complexity index is 1210. The summed E-state index contributed by atoms with van der Waals surface area (Å²) in [6.45, 7) is 12.7. The second kappa shape index (κ2) is 8.43. The van der Waals surface area contributed by atoms with Gasteiger partial charge in [0.1, 0.15) is 6.04 Å². The summed E-state index contributed by atoms with van der Waals surface area (Å²) in [7, 11) is 0. The van der Waals surface area contributed by atoms with Crippen molar-refractivity contribution in [3.05, 3.63) is 50.1 Å². The molecule has 2 unspecified atom stereocenters. The number of hydrogen-bond acceptors (Lipinski definition) is 5. The van der Waals surface area contributed by atoms with Crippen LogP contribution >= 0.6 is 11.3 Å². The number of carbonyl (C=O) groups excluding carboxylic acids is 1. The summed E-state index contributed by atoms with van der Waals surface area (Å²) in [4.78, 5) is 28.6. The molecule has 0 saturated heterocycles. The highest BCUT2D eigenvalue weighted by molar-refractivity contribution is 7.18. The van der Waals surface area contributed by atoms with E-state index in [0.29, 0.717) is 22.6 Å². The highest BCUT2D eigenvalue weighted by Crippen LogP contribution is 2.42. The molecule has 0 spiro atoms. The number of fused-ring (bicyclic) bond motifs is 3. The number of anilines is 1. The molecule has 0 aliphatic heterocycles. The van der Waals surface area contributed by atoms with Gasteiger partial charge in [0.15, 0.2) is 4.83 Å². The van der Waals surface area contributed by atoms with Gasteiger partial charge in [0.2, 0.25) is 5.91 Å². The van der Waals surface area contributed by atoms with Gasteiger partial charge in [0.25, 0.3) is 5.56 Å². The van der Waals surface area contributed by atoms with Gasteiger partial charge in [0, 0.05) is 10.6 Å². The van der Waals surface area contributed by atoms with Crippen LogP contribution in [-0.4, -0.2) is 20.9 Å². The summed E-state index contributed by atoms with van der Waals surface area (Å²) in [5.74, 6) is 0.349. The second-order valence-electron chi connectivity index (χ2n) is 10.0. The van der Waals surface area contributed by atoms with Crippen LogP contribution in [0.15, 0.2) is 23.0 Å². The predicted molar refractivity (Wildman–Crippen MR) is 131 cm³/mol. The maximum Gasteiger partial charge on any atom is 0.279 e. The summed E-state index contributed by atoms with van der Waals surface area (Å²) in [6, 6.07) is 5.18. The van der Waals surface area contributed by atoms with E-state index in [1.165, 1.54) is 9.56 Å². The Hall–Kier alpha value is -2.54. The third-order valence-electron chi connectivity index (χ3n) is 6.84. The summed E-state index contributed by atoms with van der Waals surface area (Å²) < 4.78 is 1.29. The molecule has 4 rings (SSSR count). The maximum absolute atomic E-state index is 13.5. The fraction of sp³-hybridized carbons (Fsp3) is 0.520. The van der Waals surface area contributed by atoms with Crippen molar-refractivity contribution >= 4 is 33.1 Å². The number of carbonyl (C=O) groups is 1. The molecule has 2 atom stereocenters. The van der Waals surface area contributed by atoms with E-state index < -0.39 is 6.04 Å². The van der Waals surface area contributed by atoms with E-state index in [1.807, 2.05) is 39.0 Å². The summed E-state index contributed by atoms with van der Waals surface area (Å²) in [5, 5.41) is 12.3. The molecule has 1 N–H and O–H groups in total. The topological polar surface area (TPSA) is 76.9 Å². The number of aryl methyl sites for hydroxylation is 3. The van der Waals surface area contributed by atoms with Crippen molar-refractivity contribution in [1.82, 2.24) is 15.0 Å². The number of nitrogens with zero attached hydrogens (tertiary/aromatic N) is 3. The molecule has 0 radical (unpaired) electrons. The first-order chi connectivity index (χ1) is 15.1. The van der Waals surface area contributed by atoms with E-state index >= 15 is 0 Å². The number of aromatic nitrogens is 3. The van der Waals surface area contributed by atoms with Crippen molar-refractivity contribution in [3.8, 4) is 0 Å². The predicted octanol–water partition coefficient (Wildman–Crippen LogP) is 5.21. The molecule has 6 nitrogen and oxygen atoms in total. The Balaban J connectivity index is 1.70. The van der Waals surface area contributed by atoms with E-state index in [-0.39, 0.29) is 16.9 Å². The molecule has 2 heterocycles. The lowest BCUT2D eigenvalue weighted by Crippen LogP contribution is -2.36. The van der Waals surface area contributed by atoms with Gasteiger partial charge in [-0.2, -0.15) is 4.68 Å². The van der Waals surface area contributed by atoms with Crippen LogP contribution in [-0.2, 0) is 17.6 Å². The molecule has 0 bridgehead atoms. The monoisotopic (exact) mass is 452 g/mol. The largest absolute Gasteiger partial charge is 0.324 e. The van der Waals surface area contributed by atoms with Crippen LogP contribution in [0, 0.1) is 25.2 Å². The van der Waals surface area contributed by atoms with Gasteiger partial charge in [-0.3, -0.25) is 9.59 Å².